The first-order valence-corrected chi connectivity index (χ1v) is 6.32. The lowest BCUT2D eigenvalue weighted by Gasteiger charge is -1.93. The maximum Gasteiger partial charge on any atom is 0.162 e. The van der Waals surface area contributed by atoms with E-state index in [9.17, 15) is 0 Å². The number of aryl methyl sites for hydroxylation is 1. The predicted molar refractivity (Wildman–Crippen MR) is 63.8 cm³/mol. The van der Waals surface area contributed by atoms with Gasteiger partial charge >= 0.3 is 0 Å². The number of hydrogen-bond donors (Lipinski definition) is 0. The fourth-order valence-electron chi connectivity index (χ4n) is 1.43. The summed E-state index contributed by atoms with van der Waals surface area (Å²) in [6.45, 7) is 0.988. The van der Waals surface area contributed by atoms with Gasteiger partial charge in [0.15, 0.2) is 5.76 Å². The Kier molecular flexibility index (Phi) is 4.27. The standard InChI is InChI=1S/C10H13BrN4O2/c1-16-7-10-4-9(13-17-10)6-15-5-8(2-3-11)12-14-15/h4-5H,2-3,6-7H2,1H3. The summed E-state index contributed by atoms with van der Waals surface area (Å²) in [5.74, 6) is 0.711. The number of rotatable bonds is 6. The van der Waals surface area contributed by atoms with E-state index < -0.39 is 0 Å². The van der Waals surface area contributed by atoms with Crippen LogP contribution in [0.1, 0.15) is 17.1 Å². The number of alkyl halides is 1. The maximum absolute atomic E-state index is 5.09. The van der Waals surface area contributed by atoms with Crippen LogP contribution in [-0.4, -0.2) is 32.6 Å². The van der Waals surface area contributed by atoms with Crippen LogP contribution in [0.3, 0.4) is 0 Å². The lowest BCUT2D eigenvalue weighted by Crippen LogP contribution is -2.00. The molecule has 0 N–H and O–H groups in total. The van der Waals surface area contributed by atoms with Gasteiger partial charge in [-0.05, 0) is 0 Å². The molecule has 0 atom stereocenters. The second-order valence-corrected chi connectivity index (χ2v) is 4.36. The van der Waals surface area contributed by atoms with Crippen molar-refractivity contribution in [2.75, 3.05) is 12.4 Å². The highest BCUT2D eigenvalue weighted by molar-refractivity contribution is 9.09. The van der Waals surface area contributed by atoms with Crippen LogP contribution in [0.4, 0.5) is 0 Å². The highest BCUT2D eigenvalue weighted by atomic mass is 79.9. The maximum atomic E-state index is 5.09. The van der Waals surface area contributed by atoms with Crippen molar-refractivity contribution >= 4 is 15.9 Å². The molecule has 0 unspecified atom stereocenters. The van der Waals surface area contributed by atoms with Gasteiger partial charge in [-0.3, -0.25) is 0 Å². The molecule has 0 saturated carbocycles. The van der Waals surface area contributed by atoms with E-state index in [1.807, 2.05) is 12.3 Å². The molecule has 6 nitrogen and oxygen atoms in total. The van der Waals surface area contributed by atoms with Crippen LogP contribution in [0.2, 0.25) is 0 Å². The predicted octanol–water partition coefficient (Wildman–Crippen LogP) is 1.40. The van der Waals surface area contributed by atoms with E-state index in [1.165, 1.54) is 0 Å². The highest BCUT2D eigenvalue weighted by Crippen LogP contribution is 2.06. The van der Waals surface area contributed by atoms with Crippen LogP contribution >= 0.6 is 15.9 Å². The second-order valence-electron chi connectivity index (χ2n) is 3.56. The van der Waals surface area contributed by atoms with E-state index in [-0.39, 0.29) is 0 Å². The molecule has 2 aromatic rings. The van der Waals surface area contributed by atoms with Gasteiger partial charge in [0.25, 0.3) is 0 Å². The van der Waals surface area contributed by atoms with Gasteiger partial charge in [-0.15, -0.1) is 5.10 Å². The van der Waals surface area contributed by atoms with Gasteiger partial charge in [-0.2, -0.15) is 0 Å². The van der Waals surface area contributed by atoms with Crippen LogP contribution in [0.15, 0.2) is 16.8 Å². The average Bonchev–Trinajstić information content (AvgIpc) is 2.91. The normalized spacial score (nSPS) is 10.9. The summed E-state index contributed by atoms with van der Waals surface area (Å²) in [5.41, 5.74) is 1.77. The third-order valence-electron chi connectivity index (χ3n) is 2.16. The molecule has 0 aliphatic carbocycles. The number of aromatic nitrogens is 4. The molecular formula is C10H13BrN4O2. The summed E-state index contributed by atoms with van der Waals surface area (Å²) in [6.07, 6.45) is 2.78. The van der Waals surface area contributed by atoms with Crippen LogP contribution in [0.5, 0.6) is 0 Å². The van der Waals surface area contributed by atoms with Gasteiger partial charge < -0.3 is 9.26 Å². The van der Waals surface area contributed by atoms with Crippen LogP contribution in [0.25, 0.3) is 0 Å². The highest BCUT2D eigenvalue weighted by Gasteiger charge is 2.06. The Bertz CT molecular complexity index is 426. The molecule has 0 saturated heterocycles. The lowest BCUT2D eigenvalue weighted by atomic mass is 10.3. The summed E-state index contributed by atoms with van der Waals surface area (Å²) < 4.78 is 11.8. The van der Waals surface area contributed by atoms with E-state index in [4.69, 9.17) is 9.26 Å². The summed E-state index contributed by atoms with van der Waals surface area (Å²) in [5, 5.41) is 12.9. The zero-order valence-electron chi connectivity index (χ0n) is 9.47. The van der Waals surface area contributed by atoms with Crippen molar-refractivity contribution < 1.29 is 9.26 Å². The molecule has 7 heteroatoms. The summed E-state index contributed by atoms with van der Waals surface area (Å²) in [7, 11) is 1.62. The number of nitrogens with zero attached hydrogens (tertiary/aromatic N) is 4. The fraction of sp³-hybridized carbons (Fsp3) is 0.500. The Morgan fingerprint density at radius 2 is 2.35 bits per heavy atom. The molecule has 2 heterocycles. The first-order valence-electron chi connectivity index (χ1n) is 5.20. The zero-order chi connectivity index (χ0) is 12.1. The van der Waals surface area contributed by atoms with Crippen molar-refractivity contribution in [1.29, 1.82) is 0 Å². The quantitative estimate of drug-likeness (QED) is 0.755. The Morgan fingerprint density at radius 1 is 1.47 bits per heavy atom. The van der Waals surface area contributed by atoms with E-state index >= 15 is 0 Å². The monoisotopic (exact) mass is 300 g/mol. The van der Waals surface area contributed by atoms with Gasteiger partial charge in [0.05, 0.1) is 12.2 Å². The van der Waals surface area contributed by atoms with Crippen molar-refractivity contribution in [3.63, 3.8) is 0 Å². The molecule has 0 spiro atoms. The van der Waals surface area contributed by atoms with Crippen LogP contribution in [-0.2, 0) is 24.3 Å². The lowest BCUT2D eigenvalue weighted by molar-refractivity contribution is 0.155. The number of halogens is 1. The SMILES string of the molecule is COCc1cc(Cn2cc(CCBr)nn2)no1. The van der Waals surface area contributed by atoms with Crippen molar-refractivity contribution in [2.24, 2.45) is 0 Å². The molecule has 0 bridgehead atoms. The Labute approximate surface area is 107 Å². The first kappa shape index (κ1) is 12.3. The zero-order valence-corrected chi connectivity index (χ0v) is 11.1. The molecule has 92 valence electrons. The van der Waals surface area contributed by atoms with E-state index in [2.05, 4.69) is 31.4 Å². The minimum absolute atomic E-state index is 0.430. The van der Waals surface area contributed by atoms with Crippen LogP contribution in [0, 0.1) is 0 Å². The Morgan fingerprint density at radius 3 is 3.12 bits per heavy atom. The summed E-state index contributed by atoms with van der Waals surface area (Å²) in [6, 6.07) is 1.86. The van der Waals surface area contributed by atoms with Crippen molar-refractivity contribution in [1.82, 2.24) is 20.2 Å². The third kappa shape index (κ3) is 3.37. The van der Waals surface area contributed by atoms with Gasteiger partial charge in [-0.1, -0.05) is 26.3 Å². The smallest absolute Gasteiger partial charge is 0.162 e. The van der Waals surface area contributed by atoms with E-state index in [0.29, 0.717) is 18.9 Å². The average molecular weight is 301 g/mol. The number of ether oxygens (including phenoxy) is 1. The van der Waals surface area contributed by atoms with Gasteiger partial charge in [-0.25, -0.2) is 4.68 Å². The largest absolute Gasteiger partial charge is 0.377 e. The number of hydrogen-bond acceptors (Lipinski definition) is 5. The molecule has 0 aliphatic rings. The van der Waals surface area contributed by atoms with Crippen molar-refractivity contribution in [2.45, 2.75) is 19.6 Å². The van der Waals surface area contributed by atoms with Gasteiger partial charge in [0.2, 0.25) is 0 Å². The van der Waals surface area contributed by atoms with Crippen LogP contribution < -0.4 is 0 Å². The van der Waals surface area contributed by atoms with Gasteiger partial charge in [0.1, 0.15) is 12.3 Å². The molecule has 0 radical (unpaired) electrons. The van der Waals surface area contributed by atoms with E-state index in [0.717, 1.165) is 23.1 Å². The fourth-order valence-corrected chi connectivity index (χ4v) is 1.84. The second kappa shape index (κ2) is 5.92. The first-order chi connectivity index (χ1) is 8.31. The molecule has 0 fully saturated rings. The van der Waals surface area contributed by atoms with Crippen molar-refractivity contribution in [3.8, 4) is 0 Å². The summed E-state index contributed by atoms with van der Waals surface area (Å²) >= 11 is 3.36. The van der Waals surface area contributed by atoms with E-state index in [1.54, 1.807) is 11.8 Å². The third-order valence-corrected chi connectivity index (χ3v) is 2.55. The topological polar surface area (TPSA) is 66.0 Å². The molecule has 0 amide bonds. The Hall–Kier alpha value is -1.21. The van der Waals surface area contributed by atoms with Crippen molar-refractivity contribution in [3.05, 3.63) is 29.4 Å². The number of methoxy groups -OCH3 is 1. The molecule has 0 aromatic carbocycles. The minimum atomic E-state index is 0.430. The Balaban J connectivity index is 1.98. The molecule has 2 rings (SSSR count). The van der Waals surface area contributed by atoms with Gasteiger partial charge in [0, 0.05) is 31.1 Å². The molecule has 2 aromatic heterocycles. The molecule has 0 aliphatic heterocycles. The summed E-state index contributed by atoms with van der Waals surface area (Å²) in [4.78, 5) is 0. The molecular weight excluding hydrogens is 288 g/mol. The molecule has 17 heavy (non-hydrogen) atoms. The minimum Gasteiger partial charge on any atom is -0.377 e.